The van der Waals surface area contributed by atoms with E-state index in [0.717, 1.165) is 42.6 Å². The van der Waals surface area contributed by atoms with Gasteiger partial charge in [0.2, 0.25) is 5.91 Å². The molecule has 1 amide bonds. The standard InChI is InChI=1S/C19H21N5O3/c1-11-17(19(22-27-11)26-15-9-23(2)10-15)13-5-6-24-14(7-13)8-16(21-24)20-18(25)12-3-4-12/h5-8,12,15H,3-4,9-10H2,1-2H3,(H,20,21,25). The number of carbonyl (C=O) groups is 1. The van der Waals surface area contributed by atoms with Crippen molar-refractivity contribution in [3.05, 3.63) is 30.2 Å². The van der Waals surface area contributed by atoms with E-state index in [0.29, 0.717) is 17.5 Å². The van der Waals surface area contributed by atoms with Gasteiger partial charge in [-0.05, 0) is 49.7 Å². The van der Waals surface area contributed by atoms with Gasteiger partial charge in [-0.1, -0.05) is 0 Å². The molecule has 1 N–H and O–H groups in total. The van der Waals surface area contributed by atoms with E-state index >= 15 is 0 Å². The minimum Gasteiger partial charge on any atom is -0.469 e. The monoisotopic (exact) mass is 367 g/mol. The van der Waals surface area contributed by atoms with E-state index in [2.05, 4.69) is 27.5 Å². The van der Waals surface area contributed by atoms with Gasteiger partial charge < -0.3 is 14.6 Å². The first-order chi connectivity index (χ1) is 13.1. The molecule has 0 radical (unpaired) electrons. The van der Waals surface area contributed by atoms with Gasteiger partial charge in [-0.25, -0.2) is 4.52 Å². The van der Waals surface area contributed by atoms with Gasteiger partial charge in [0, 0.05) is 31.3 Å². The Labute approximate surface area is 156 Å². The number of rotatable bonds is 5. The van der Waals surface area contributed by atoms with Gasteiger partial charge in [0.25, 0.3) is 5.88 Å². The van der Waals surface area contributed by atoms with Crippen LogP contribution in [-0.2, 0) is 4.79 Å². The lowest BCUT2D eigenvalue weighted by Crippen LogP contribution is -2.51. The number of ether oxygens (including phenoxy) is 1. The number of likely N-dealkylation sites (N-methyl/N-ethyl adjacent to an activating group) is 1. The number of pyridine rings is 1. The average molecular weight is 367 g/mol. The first kappa shape index (κ1) is 16.3. The molecule has 1 aliphatic heterocycles. The number of fused-ring (bicyclic) bond motifs is 1. The molecule has 5 rings (SSSR count). The first-order valence-electron chi connectivity index (χ1n) is 9.19. The molecule has 3 aromatic rings. The van der Waals surface area contributed by atoms with Crippen LogP contribution in [0.5, 0.6) is 5.88 Å². The summed E-state index contributed by atoms with van der Waals surface area (Å²) >= 11 is 0. The molecular weight excluding hydrogens is 346 g/mol. The molecule has 3 aromatic heterocycles. The van der Waals surface area contributed by atoms with Crippen molar-refractivity contribution in [3.8, 4) is 17.0 Å². The summed E-state index contributed by atoms with van der Waals surface area (Å²) in [4.78, 5) is 14.1. The smallest absolute Gasteiger partial charge is 0.262 e. The topological polar surface area (TPSA) is 84.9 Å². The van der Waals surface area contributed by atoms with Gasteiger partial charge in [0.1, 0.15) is 11.9 Å². The largest absolute Gasteiger partial charge is 0.469 e. The Morgan fingerprint density at radius 1 is 1.33 bits per heavy atom. The summed E-state index contributed by atoms with van der Waals surface area (Å²) in [7, 11) is 2.06. The third-order valence-corrected chi connectivity index (χ3v) is 5.09. The predicted molar refractivity (Wildman–Crippen MR) is 98.7 cm³/mol. The fourth-order valence-electron chi connectivity index (χ4n) is 3.42. The fraction of sp³-hybridized carbons (Fsp3) is 0.421. The normalized spacial score (nSPS) is 17.9. The fourth-order valence-corrected chi connectivity index (χ4v) is 3.42. The molecule has 0 atom stereocenters. The maximum atomic E-state index is 12.0. The minimum atomic E-state index is 0.0506. The van der Waals surface area contributed by atoms with Gasteiger partial charge in [-0.15, -0.1) is 0 Å². The van der Waals surface area contributed by atoms with Crippen LogP contribution in [0.2, 0.25) is 0 Å². The Bertz CT molecular complexity index is 1010. The van der Waals surface area contributed by atoms with Crippen LogP contribution in [0.15, 0.2) is 28.9 Å². The quantitative estimate of drug-likeness (QED) is 0.745. The summed E-state index contributed by atoms with van der Waals surface area (Å²) in [5.41, 5.74) is 2.69. The molecule has 140 valence electrons. The molecule has 0 unspecified atom stereocenters. The summed E-state index contributed by atoms with van der Waals surface area (Å²) in [5.74, 6) is 2.01. The summed E-state index contributed by atoms with van der Waals surface area (Å²) in [6.07, 6.45) is 3.94. The third kappa shape index (κ3) is 3.06. The number of anilines is 1. The third-order valence-electron chi connectivity index (χ3n) is 5.09. The number of aryl methyl sites for hydroxylation is 1. The summed E-state index contributed by atoms with van der Waals surface area (Å²) < 4.78 is 13.1. The van der Waals surface area contributed by atoms with E-state index in [1.807, 2.05) is 31.3 Å². The van der Waals surface area contributed by atoms with Gasteiger partial charge in [-0.3, -0.25) is 9.69 Å². The Morgan fingerprint density at radius 2 is 2.15 bits per heavy atom. The molecule has 1 saturated heterocycles. The van der Waals surface area contributed by atoms with E-state index < -0.39 is 0 Å². The number of nitrogens with one attached hydrogen (secondary N) is 1. The Hall–Kier alpha value is -2.87. The van der Waals surface area contributed by atoms with Crippen LogP contribution in [-0.4, -0.2) is 51.8 Å². The van der Waals surface area contributed by atoms with Crippen LogP contribution >= 0.6 is 0 Å². The van der Waals surface area contributed by atoms with Crippen LogP contribution in [0.4, 0.5) is 5.82 Å². The number of hydrogen-bond donors (Lipinski definition) is 1. The number of nitrogens with zero attached hydrogens (tertiary/aromatic N) is 4. The molecule has 0 bridgehead atoms. The average Bonchev–Trinajstić information content (AvgIpc) is 3.30. The Kier molecular flexibility index (Phi) is 3.68. The lowest BCUT2D eigenvalue weighted by Gasteiger charge is -2.35. The van der Waals surface area contributed by atoms with Crippen LogP contribution in [0.3, 0.4) is 0 Å². The first-order valence-corrected chi connectivity index (χ1v) is 9.19. The van der Waals surface area contributed by atoms with Crippen LogP contribution in [0, 0.1) is 12.8 Å². The number of carbonyl (C=O) groups excluding carboxylic acids is 1. The molecule has 2 aliphatic rings. The van der Waals surface area contributed by atoms with Crippen molar-refractivity contribution in [2.24, 2.45) is 5.92 Å². The Balaban J connectivity index is 1.43. The zero-order valence-corrected chi connectivity index (χ0v) is 15.3. The van der Waals surface area contributed by atoms with Crippen molar-refractivity contribution in [2.45, 2.75) is 25.9 Å². The molecule has 2 fully saturated rings. The van der Waals surface area contributed by atoms with Crippen LogP contribution in [0.1, 0.15) is 18.6 Å². The number of likely N-dealkylation sites (tertiary alicyclic amines) is 1. The molecule has 0 spiro atoms. The summed E-state index contributed by atoms with van der Waals surface area (Å²) in [5, 5.41) is 11.4. The van der Waals surface area contributed by atoms with E-state index in [-0.39, 0.29) is 17.9 Å². The van der Waals surface area contributed by atoms with E-state index in [4.69, 9.17) is 9.26 Å². The second-order valence-electron chi connectivity index (χ2n) is 7.46. The second-order valence-corrected chi connectivity index (χ2v) is 7.46. The number of hydrogen-bond acceptors (Lipinski definition) is 6. The zero-order valence-electron chi connectivity index (χ0n) is 15.3. The molecular formula is C19H21N5O3. The molecule has 1 aliphatic carbocycles. The maximum Gasteiger partial charge on any atom is 0.262 e. The highest BCUT2D eigenvalue weighted by Gasteiger charge is 2.30. The highest BCUT2D eigenvalue weighted by Crippen LogP contribution is 2.35. The molecule has 8 heteroatoms. The maximum absolute atomic E-state index is 12.0. The van der Waals surface area contributed by atoms with Gasteiger partial charge >= 0.3 is 0 Å². The molecule has 8 nitrogen and oxygen atoms in total. The molecule has 0 aromatic carbocycles. The lowest BCUT2D eigenvalue weighted by atomic mass is 10.1. The van der Waals surface area contributed by atoms with Gasteiger partial charge in [0.05, 0.1) is 11.1 Å². The van der Waals surface area contributed by atoms with Crippen molar-refractivity contribution in [3.63, 3.8) is 0 Å². The van der Waals surface area contributed by atoms with Gasteiger partial charge in [-0.2, -0.15) is 5.10 Å². The van der Waals surface area contributed by atoms with E-state index in [9.17, 15) is 4.79 Å². The van der Waals surface area contributed by atoms with Crippen molar-refractivity contribution in [1.82, 2.24) is 19.7 Å². The summed E-state index contributed by atoms with van der Waals surface area (Å²) in [6, 6.07) is 5.82. The van der Waals surface area contributed by atoms with E-state index in [1.54, 1.807) is 4.52 Å². The zero-order chi connectivity index (χ0) is 18.5. The second kappa shape index (κ2) is 6.09. The predicted octanol–water partition coefficient (Wildman–Crippen LogP) is 2.34. The number of aromatic nitrogens is 3. The van der Waals surface area contributed by atoms with E-state index in [1.165, 1.54) is 0 Å². The molecule has 1 saturated carbocycles. The lowest BCUT2D eigenvalue weighted by molar-refractivity contribution is -0.117. The van der Waals surface area contributed by atoms with Crippen molar-refractivity contribution in [2.75, 3.05) is 25.5 Å². The van der Waals surface area contributed by atoms with Crippen molar-refractivity contribution in [1.29, 1.82) is 0 Å². The van der Waals surface area contributed by atoms with Crippen molar-refractivity contribution >= 4 is 17.2 Å². The highest BCUT2D eigenvalue weighted by molar-refractivity contribution is 5.93. The highest BCUT2D eigenvalue weighted by atomic mass is 16.5. The van der Waals surface area contributed by atoms with Crippen LogP contribution < -0.4 is 10.1 Å². The van der Waals surface area contributed by atoms with Gasteiger partial charge in [0.15, 0.2) is 5.82 Å². The van der Waals surface area contributed by atoms with Crippen LogP contribution in [0.25, 0.3) is 16.6 Å². The Morgan fingerprint density at radius 3 is 2.89 bits per heavy atom. The van der Waals surface area contributed by atoms with Crippen molar-refractivity contribution < 1.29 is 14.1 Å². The molecule has 27 heavy (non-hydrogen) atoms. The SMILES string of the molecule is Cc1onc(OC2CN(C)C2)c1-c1ccn2nc(NC(=O)C3CC3)cc2c1. The number of amides is 1. The molecule has 4 heterocycles. The summed E-state index contributed by atoms with van der Waals surface area (Å²) in [6.45, 7) is 3.65. The minimum absolute atomic E-state index is 0.0506.